The summed E-state index contributed by atoms with van der Waals surface area (Å²) in [6.45, 7) is 8.68. The van der Waals surface area contributed by atoms with Gasteiger partial charge in [0.1, 0.15) is 18.5 Å². The number of likely N-dealkylation sites (tertiary alicyclic amines) is 1. The van der Waals surface area contributed by atoms with Crippen LogP contribution in [0.1, 0.15) is 41.7 Å². The predicted molar refractivity (Wildman–Crippen MR) is 134 cm³/mol. The van der Waals surface area contributed by atoms with Crippen molar-refractivity contribution in [3.8, 4) is 5.75 Å². The van der Waals surface area contributed by atoms with Gasteiger partial charge in [-0.15, -0.1) is 11.3 Å². The van der Waals surface area contributed by atoms with Crippen LogP contribution < -0.4 is 4.74 Å². The molecule has 5 rings (SSSR count). The molecule has 3 heterocycles. The average molecular weight is 449 g/mol. The number of aromatic nitrogens is 1. The highest BCUT2D eigenvalue weighted by atomic mass is 32.1. The zero-order valence-corrected chi connectivity index (χ0v) is 19.9. The number of fused-ring (bicyclic) bond motifs is 2. The van der Waals surface area contributed by atoms with E-state index >= 15 is 0 Å². The summed E-state index contributed by atoms with van der Waals surface area (Å²) in [6.07, 6.45) is 3.70. The summed E-state index contributed by atoms with van der Waals surface area (Å²) >= 11 is 1.97. The number of β-amino-alcohol motifs (C(OH)–C–C–N with tert-alkyl or cyclic N) is 1. The topological polar surface area (TPSA) is 48.5 Å². The summed E-state index contributed by atoms with van der Waals surface area (Å²) in [7, 11) is 0. The van der Waals surface area contributed by atoms with Gasteiger partial charge in [0.05, 0.1) is 0 Å². The van der Waals surface area contributed by atoms with Gasteiger partial charge < -0.3 is 14.8 Å². The minimum atomic E-state index is -0.502. The zero-order valence-electron chi connectivity index (χ0n) is 19.1. The maximum Gasteiger partial charge on any atom is 0.128 e. The highest BCUT2D eigenvalue weighted by Gasteiger charge is 2.29. The number of nitrogens with zero attached hydrogens (tertiary/aromatic N) is 1. The van der Waals surface area contributed by atoms with Gasteiger partial charge in [0.15, 0.2) is 0 Å². The van der Waals surface area contributed by atoms with Crippen molar-refractivity contribution in [1.29, 1.82) is 0 Å². The first-order valence-electron chi connectivity index (χ1n) is 11.6. The maximum absolute atomic E-state index is 10.7. The fraction of sp³-hybridized carbons (Fsp3) is 0.407. The highest BCUT2D eigenvalue weighted by molar-refractivity contribution is 7.19. The Balaban J connectivity index is 1.18. The summed E-state index contributed by atoms with van der Waals surface area (Å²) < 4.78 is 7.38. The monoisotopic (exact) mass is 448 g/mol. The molecule has 4 aromatic rings. The molecule has 0 saturated carbocycles. The van der Waals surface area contributed by atoms with E-state index in [0.717, 1.165) is 36.0 Å². The highest BCUT2D eigenvalue weighted by Crippen LogP contribution is 2.39. The molecule has 1 aliphatic rings. The largest absolute Gasteiger partial charge is 0.490 e. The van der Waals surface area contributed by atoms with Crippen molar-refractivity contribution in [2.45, 2.75) is 51.7 Å². The number of aryl methyl sites for hydroxylation is 2. The van der Waals surface area contributed by atoms with Crippen molar-refractivity contribution in [1.82, 2.24) is 9.88 Å². The number of ether oxygens (including phenoxy) is 1. The van der Waals surface area contributed by atoms with Gasteiger partial charge in [-0.1, -0.05) is 12.1 Å². The molecule has 1 saturated heterocycles. The van der Waals surface area contributed by atoms with E-state index in [1.54, 1.807) is 0 Å². The summed E-state index contributed by atoms with van der Waals surface area (Å²) in [4.78, 5) is 7.14. The molecule has 1 aliphatic heterocycles. The number of aliphatic hydroxyl groups excluding tert-OH is 1. The van der Waals surface area contributed by atoms with Crippen LogP contribution in [0.4, 0.5) is 0 Å². The normalized spacial score (nSPS) is 20.8. The molecule has 0 spiro atoms. The maximum atomic E-state index is 10.7. The molecule has 168 valence electrons. The third kappa shape index (κ3) is 4.29. The third-order valence-electron chi connectivity index (χ3n) is 6.86. The SMILES string of the molecule is Cc1cc(C)c2cc([C@@H]3CCN(C[C@H](O)COc4cccc5[nH]ccc45)[C@H](C)C3)sc2c1. The number of hydrogen-bond acceptors (Lipinski definition) is 4. The van der Waals surface area contributed by atoms with Gasteiger partial charge in [0, 0.05) is 39.3 Å². The van der Waals surface area contributed by atoms with Crippen molar-refractivity contribution in [3.63, 3.8) is 0 Å². The van der Waals surface area contributed by atoms with E-state index in [0.29, 0.717) is 25.1 Å². The van der Waals surface area contributed by atoms with Gasteiger partial charge in [0.25, 0.3) is 0 Å². The van der Waals surface area contributed by atoms with Crippen molar-refractivity contribution in [2.75, 3.05) is 19.7 Å². The van der Waals surface area contributed by atoms with Crippen molar-refractivity contribution in [3.05, 3.63) is 64.7 Å². The molecule has 4 nitrogen and oxygen atoms in total. The summed E-state index contributed by atoms with van der Waals surface area (Å²) in [5.74, 6) is 1.43. The Morgan fingerprint density at radius 1 is 1.19 bits per heavy atom. The lowest BCUT2D eigenvalue weighted by atomic mass is 9.89. The Kier molecular flexibility index (Phi) is 5.97. The fourth-order valence-electron chi connectivity index (χ4n) is 5.15. The molecule has 0 bridgehead atoms. The Morgan fingerprint density at radius 2 is 2.06 bits per heavy atom. The molecular weight excluding hydrogens is 416 g/mol. The number of H-pyrrole nitrogens is 1. The van der Waals surface area contributed by atoms with Crippen molar-refractivity contribution < 1.29 is 9.84 Å². The Morgan fingerprint density at radius 3 is 2.91 bits per heavy atom. The van der Waals surface area contributed by atoms with Gasteiger partial charge in [-0.25, -0.2) is 0 Å². The number of benzene rings is 2. The summed E-state index contributed by atoms with van der Waals surface area (Å²) in [6, 6.07) is 15.5. The van der Waals surface area contributed by atoms with Crippen LogP contribution in [0, 0.1) is 13.8 Å². The number of nitrogens with one attached hydrogen (secondary N) is 1. The number of rotatable bonds is 6. The smallest absolute Gasteiger partial charge is 0.128 e. The molecule has 1 fully saturated rings. The molecule has 3 atom stereocenters. The van der Waals surface area contributed by atoms with Crippen LogP contribution in [-0.4, -0.2) is 46.8 Å². The average Bonchev–Trinajstić information content (AvgIpc) is 3.41. The number of aliphatic hydroxyl groups is 1. The Hall–Kier alpha value is -2.34. The first-order chi connectivity index (χ1) is 15.5. The second-order valence-electron chi connectivity index (χ2n) is 9.37. The molecule has 0 amide bonds. The predicted octanol–water partition coefficient (Wildman–Crippen LogP) is 6.01. The second kappa shape index (κ2) is 8.89. The molecule has 2 N–H and O–H groups in total. The van der Waals surface area contributed by atoms with E-state index in [9.17, 15) is 5.11 Å². The van der Waals surface area contributed by atoms with E-state index in [4.69, 9.17) is 4.74 Å². The number of thiophene rings is 1. The first-order valence-corrected chi connectivity index (χ1v) is 12.4. The van der Waals surface area contributed by atoms with Crippen LogP contribution in [0.15, 0.2) is 48.7 Å². The molecule has 5 heteroatoms. The van der Waals surface area contributed by atoms with Crippen molar-refractivity contribution in [2.24, 2.45) is 0 Å². The third-order valence-corrected chi connectivity index (χ3v) is 8.10. The lowest BCUT2D eigenvalue weighted by Gasteiger charge is -2.38. The minimum Gasteiger partial charge on any atom is -0.490 e. The van der Waals surface area contributed by atoms with Gasteiger partial charge >= 0.3 is 0 Å². The van der Waals surface area contributed by atoms with Crippen LogP contribution in [0.5, 0.6) is 5.75 Å². The van der Waals surface area contributed by atoms with Crippen LogP contribution in [0.2, 0.25) is 0 Å². The van der Waals surface area contributed by atoms with Crippen LogP contribution >= 0.6 is 11.3 Å². The number of aromatic amines is 1. The quantitative estimate of drug-likeness (QED) is 0.380. The Labute approximate surface area is 193 Å². The van der Waals surface area contributed by atoms with E-state index in [2.05, 4.69) is 48.9 Å². The fourth-order valence-corrected chi connectivity index (χ4v) is 6.54. The van der Waals surface area contributed by atoms with Gasteiger partial charge in [0.2, 0.25) is 0 Å². The van der Waals surface area contributed by atoms with Gasteiger partial charge in [-0.2, -0.15) is 0 Å². The lowest BCUT2D eigenvalue weighted by molar-refractivity contribution is 0.0408. The number of hydrogen-bond donors (Lipinski definition) is 2. The van der Waals surface area contributed by atoms with Crippen LogP contribution in [0.3, 0.4) is 0 Å². The van der Waals surface area contributed by atoms with Gasteiger partial charge in [-0.05, 0) is 92.9 Å². The molecule has 0 radical (unpaired) electrons. The van der Waals surface area contributed by atoms with Crippen LogP contribution in [0.25, 0.3) is 21.0 Å². The second-order valence-corrected chi connectivity index (χ2v) is 10.5. The van der Waals surface area contributed by atoms with E-state index in [1.165, 1.54) is 26.1 Å². The van der Waals surface area contributed by atoms with E-state index in [1.807, 2.05) is 41.8 Å². The zero-order chi connectivity index (χ0) is 22.2. The Bertz CT molecular complexity index is 1230. The minimum absolute atomic E-state index is 0.311. The number of piperidine rings is 1. The molecule has 0 unspecified atom stereocenters. The molecule has 32 heavy (non-hydrogen) atoms. The van der Waals surface area contributed by atoms with Crippen molar-refractivity contribution >= 4 is 32.3 Å². The molecule has 2 aromatic carbocycles. The van der Waals surface area contributed by atoms with E-state index in [-0.39, 0.29) is 0 Å². The van der Waals surface area contributed by atoms with E-state index < -0.39 is 6.10 Å². The first kappa shape index (κ1) is 21.5. The summed E-state index contributed by atoms with van der Waals surface area (Å²) in [5.41, 5.74) is 3.78. The molecule has 0 aliphatic carbocycles. The molecular formula is C27H32N2O2S. The summed E-state index contributed by atoms with van der Waals surface area (Å²) in [5, 5.41) is 13.1. The standard InChI is InChI=1S/C27H32N2O2S/c1-17-11-18(2)23-14-26(32-27(23)12-17)20-8-10-29(19(3)13-20)15-21(30)16-31-25-6-4-5-24-22(25)7-9-28-24/h4-7,9,11-12,14,19-21,28,30H,8,10,13,15-16H2,1-3H3/t19-,20-,21+/m1/s1. The molecule has 2 aromatic heterocycles. The lowest BCUT2D eigenvalue weighted by Crippen LogP contribution is -2.45. The van der Waals surface area contributed by atoms with Gasteiger partial charge in [-0.3, -0.25) is 4.90 Å². The van der Waals surface area contributed by atoms with Crippen LogP contribution in [-0.2, 0) is 0 Å².